The average molecular weight is 355 g/mol. The summed E-state index contributed by atoms with van der Waals surface area (Å²) in [6.45, 7) is 1.86. The molecule has 5 nitrogen and oxygen atoms in total. The first kappa shape index (κ1) is 15.5. The molecular weight excluding hydrogens is 343 g/mol. The largest absolute Gasteiger partial charge is 0.443 e. The predicted octanol–water partition coefficient (Wildman–Crippen LogP) is 4.63. The molecule has 0 aliphatic carbocycles. The summed E-state index contributed by atoms with van der Waals surface area (Å²) in [4.78, 5) is 12.4. The highest BCUT2D eigenvalue weighted by atomic mass is 35.5. The van der Waals surface area contributed by atoms with Crippen LogP contribution >= 0.6 is 11.6 Å². The lowest BCUT2D eigenvalue weighted by molar-refractivity contribution is 0.572. The Hall–Kier alpha value is -2.99. The van der Waals surface area contributed by atoms with Crippen LogP contribution in [-0.2, 0) is 0 Å². The Labute approximate surface area is 147 Å². The first-order valence-electron chi connectivity index (χ1n) is 7.44. The molecule has 0 radical (unpaired) electrons. The maximum Gasteiger partial charge on any atom is 0.244 e. The van der Waals surface area contributed by atoms with Gasteiger partial charge in [0.25, 0.3) is 0 Å². The first-order chi connectivity index (χ1) is 12.0. The van der Waals surface area contributed by atoms with Crippen LogP contribution < -0.4 is 5.73 Å². The quantitative estimate of drug-likeness (QED) is 0.567. The number of anilines is 1. The molecule has 3 aromatic heterocycles. The molecule has 0 saturated carbocycles. The van der Waals surface area contributed by atoms with Crippen molar-refractivity contribution in [1.82, 2.24) is 15.0 Å². The minimum absolute atomic E-state index is 0.0103. The maximum atomic E-state index is 14.8. The smallest absolute Gasteiger partial charge is 0.244 e. The molecule has 3 heterocycles. The highest BCUT2D eigenvalue weighted by molar-refractivity contribution is 6.36. The van der Waals surface area contributed by atoms with Crippen molar-refractivity contribution in [2.45, 2.75) is 6.92 Å². The zero-order chi connectivity index (χ0) is 17.6. The van der Waals surface area contributed by atoms with Crippen LogP contribution in [0.5, 0.6) is 0 Å². The third-order valence-electron chi connectivity index (χ3n) is 3.98. The minimum Gasteiger partial charge on any atom is -0.443 e. The number of aromatic nitrogens is 3. The molecule has 0 saturated heterocycles. The highest BCUT2D eigenvalue weighted by Gasteiger charge is 2.17. The first-order valence-corrected chi connectivity index (χ1v) is 7.82. The molecule has 0 atom stereocenters. The number of rotatable bonds is 2. The fourth-order valence-electron chi connectivity index (χ4n) is 2.75. The Morgan fingerprint density at radius 2 is 1.92 bits per heavy atom. The number of nitrogens with zero attached hydrogens (tertiary/aromatic N) is 3. The second-order valence-corrected chi connectivity index (χ2v) is 5.98. The number of nitrogen functional groups attached to an aromatic ring is 1. The maximum absolute atomic E-state index is 14.8. The molecule has 0 amide bonds. The van der Waals surface area contributed by atoms with Crippen molar-refractivity contribution >= 4 is 28.2 Å². The second kappa shape index (κ2) is 5.82. The zero-order valence-electron chi connectivity index (χ0n) is 13.1. The van der Waals surface area contributed by atoms with Crippen LogP contribution in [0.15, 0.2) is 47.5 Å². The van der Waals surface area contributed by atoms with Crippen molar-refractivity contribution in [1.29, 1.82) is 0 Å². The van der Waals surface area contributed by atoms with E-state index in [1.54, 1.807) is 30.6 Å². The lowest BCUT2D eigenvalue weighted by atomic mass is 9.98. The van der Waals surface area contributed by atoms with Crippen LogP contribution in [0.3, 0.4) is 0 Å². The van der Waals surface area contributed by atoms with Gasteiger partial charge in [-0.1, -0.05) is 11.6 Å². The molecule has 1 aromatic carbocycles. The zero-order valence-corrected chi connectivity index (χ0v) is 13.9. The summed E-state index contributed by atoms with van der Waals surface area (Å²) >= 11 is 6.20. The van der Waals surface area contributed by atoms with Crippen molar-refractivity contribution in [2.75, 3.05) is 5.73 Å². The van der Waals surface area contributed by atoms with E-state index in [9.17, 15) is 4.39 Å². The topological polar surface area (TPSA) is 77.8 Å². The van der Waals surface area contributed by atoms with E-state index in [-0.39, 0.29) is 5.02 Å². The summed E-state index contributed by atoms with van der Waals surface area (Å²) in [6.07, 6.45) is 6.07. The Morgan fingerprint density at radius 3 is 2.64 bits per heavy atom. The molecule has 2 N–H and O–H groups in total. The molecule has 0 fully saturated rings. The van der Waals surface area contributed by atoms with Gasteiger partial charge in [-0.2, -0.15) is 0 Å². The van der Waals surface area contributed by atoms with E-state index in [0.717, 1.165) is 5.56 Å². The van der Waals surface area contributed by atoms with E-state index in [1.165, 1.54) is 12.5 Å². The van der Waals surface area contributed by atoms with Crippen LogP contribution in [0.2, 0.25) is 5.02 Å². The number of hydrogen-bond acceptors (Lipinski definition) is 5. The standard InChI is InChI=1S/C18H12ClFN4O/c1-9-4-14(18-22-2-3-25-18)23-7-12(9)11-5-10-6-15(21)24-8-13(10)16(19)17(11)20/h2-8H,1H3,(H2,21,24). The van der Waals surface area contributed by atoms with Gasteiger partial charge in [0.1, 0.15) is 23.6 Å². The summed E-state index contributed by atoms with van der Waals surface area (Å²) in [7, 11) is 0. The van der Waals surface area contributed by atoms with Crippen molar-refractivity contribution in [3.63, 3.8) is 0 Å². The van der Waals surface area contributed by atoms with Gasteiger partial charge in [0, 0.05) is 28.9 Å². The van der Waals surface area contributed by atoms with Gasteiger partial charge in [-0.15, -0.1) is 0 Å². The van der Waals surface area contributed by atoms with E-state index in [2.05, 4.69) is 15.0 Å². The fourth-order valence-corrected chi connectivity index (χ4v) is 3.01. The van der Waals surface area contributed by atoms with Crippen LogP contribution in [0.25, 0.3) is 33.5 Å². The molecule has 7 heteroatoms. The van der Waals surface area contributed by atoms with Gasteiger partial charge in [0.05, 0.1) is 11.2 Å². The van der Waals surface area contributed by atoms with Crippen LogP contribution in [0, 0.1) is 12.7 Å². The predicted molar refractivity (Wildman–Crippen MR) is 94.6 cm³/mol. The molecule has 0 bridgehead atoms. The minimum atomic E-state index is -0.519. The number of fused-ring (bicyclic) bond motifs is 1. The fraction of sp³-hybridized carbons (Fsp3) is 0.0556. The van der Waals surface area contributed by atoms with E-state index in [0.29, 0.717) is 39.3 Å². The molecule has 4 rings (SSSR count). The Balaban J connectivity index is 1.91. The molecule has 4 aromatic rings. The Bertz CT molecular complexity index is 1100. The Kier molecular flexibility index (Phi) is 3.62. The van der Waals surface area contributed by atoms with Crippen LogP contribution in [0.4, 0.5) is 10.2 Å². The number of pyridine rings is 2. The van der Waals surface area contributed by atoms with Crippen LogP contribution in [0.1, 0.15) is 5.56 Å². The van der Waals surface area contributed by atoms with Gasteiger partial charge in [-0.25, -0.2) is 14.4 Å². The van der Waals surface area contributed by atoms with Crippen molar-refractivity contribution in [2.24, 2.45) is 0 Å². The highest BCUT2D eigenvalue weighted by Crippen LogP contribution is 2.36. The third-order valence-corrected chi connectivity index (χ3v) is 4.34. The summed E-state index contributed by atoms with van der Waals surface area (Å²) in [5, 5.41) is 1.24. The summed E-state index contributed by atoms with van der Waals surface area (Å²) in [6, 6.07) is 5.15. The Morgan fingerprint density at radius 1 is 1.08 bits per heavy atom. The van der Waals surface area contributed by atoms with Gasteiger partial charge < -0.3 is 10.2 Å². The van der Waals surface area contributed by atoms with Crippen molar-refractivity contribution < 1.29 is 8.81 Å². The number of halogens is 2. The number of aryl methyl sites for hydroxylation is 1. The molecule has 0 aliphatic rings. The monoisotopic (exact) mass is 354 g/mol. The summed E-state index contributed by atoms with van der Waals surface area (Å²) in [5.74, 6) is 0.232. The third kappa shape index (κ3) is 2.60. The van der Waals surface area contributed by atoms with Gasteiger partial charge in [0.2, 0.25) is 5.89 Å². The number of benzene rings is 1. The van der Waals surface area contributed by atoms with E-state index in [1.807, 2.05) is 6.92 Å². The molecule has 0 spiro atoms. The second-order valence-electron chi connectivity index (χ2n) is 5.60. The van der Waals surface area contributed by atoms with E-state index >= 15 is 0 Å². The number of oxazole rings is 1. The molecule has 0 aliphatic heterocycles. The van der Waals surface area contributed by atoms with Crippen molar-refractivity contribution in [3.8, 4) is 22.7 Å². The summed E-state index contributed by atoms with van der Waals surface area (Å²) < 4.78 is 20.1. The lowest BCUT2D eigenvalue weighted by Crippen LogP contribution is -1.95. The normalized spacial score (nSPS) is 11.2. The van der Waals surface area contributed by atoms with Crippen molar-refractivity contribution in [3.05, 3.63) is 59.5 Å². The van der Waals surface area contributed by atoms with Gasteiger partial charge in [0.15, 0.2) is 0 Å². The molecule has 25 heavy (non-hydrogen) atoms. The van der Waals surface area contributed by atoms with Gasteiger partial charge in [-0.3, -0.25) is 4.98 Å². The summed E-state index contributed by atoms with van der Waals surface area (Å²) in [5.41, 5.74) is 8.11. The van der Waals surface area contributed by atoms with E-state index < -0.39 is 5.82 Å². The number of nitrogens with two attached hydrogens (primary N) is 1. The molecular formula is C18H12ClFN4O. The van der Waals surface area contributed by atoms with Gasteiger partial charge in [-0.05, 0) is 36.1 Å². The SMILES string of the molecule is Cc1cc(-c2ncco2)ncc1-c1cc2cc(N)ncc2c(Cl)c1F. The van der Waals surface area contributed by atoms with Gasteiger partial charge >= 0.3 is 0 Å². The van der Waals surface area contributed by atoms with E-state index in [4.69, 9.17) is 21.8 Å². The molecule has 0 unspecified atom stereocenters. The average Bonchev–Trinajstić information content (AvgIpc) is 3.13. The van der Waals surface area contributed by atoms with Crippen LogP contribution in [-0.4, -0.2) is 15.0 Å². The lowest BCUT2D eigenvalue weighted by Gasteiger charge is -2.11. The number of hydrogen-bond donors (Lipinski definition) is 1. The molecule has 124 valence electrons.